The second-order valence-electron chi connectivity index (χ2n) is 6.52. The first-order valence-electron chi connectivity index (χ1n) is 8.78. The molecule has 0 spiro atoms. The predicted octanol–water partition coefficient (Wildman–Crippen LogP) is 0.426. The smallest absolute Gasteiger partial charge is 0.409 e. The lowest BCUT2D eigenvalue weighted by atomic mass is 9.94. The van der Waals surface area contributed by atoms with Gasteiger partial charge in [0.05, 0.1) is 0 Å². The van der Waals surface area contributed by atoms with Crippen molar-refractivity contribution in [3.63, 3.8) is 0 Å². The van der Waals surface area contributed by atoms with Gasteiger partial charge in [0.2, 0.25) is 0 Å². The van der Waals surface area contributed by atoms with Gasteiger partial charge < -0.3 is 20.1 Å². The van der Waals surface area contributed by atoms with E-state index in [1.807, 2.05) is 13.8 Å². The van der Waals surface area contributed by atoms with Crippen LogP contribution < -0.4 is 11.2 Å². The molecule has 1 aliphatic rings. The van der Waals surface area contributed by atoms with Gasteiger partial charge in [-0.25, -0.2) is 9.59 Å². The minimum Gasteiger partial charge on any atom is -0.465 e. The van der Waals surface area contributed by atoms with E-state index >= 15 is 0 Å². The number of nitrogens with zero attached hydrogens (tertiary/aromatic N) is 3. The summed E-state index contributed by atoms with van der Waals surface area (Å²) in [5, 5.41) is 39.2. The number of hydrogen-bond acceptors (Lipinski definition) is 8. The molecule has 5 N–H and O–H groups in total. The molecule has 1 aromatic heterocycles. The topological polar surface area (TPSA) is 157 Å². The minimum absolute atomic E-state index is 0.0346. The number of amides is 1. The zero-order valence-corrected chi connectivity index (χ0v) is 15.4. The van der Waals surface area contributed by atoms with Crippen LogP contribution in [-0.4, -0.2) is 65.5 Å². The van der Waals surface area contributed by atoms with E-state index < -0.39 is 42.5 Å². The highest BCUT2D eigenvalue weighted by Crippen LogP contribution is 2.33. The number of aliphatic hydroxyl groups excluding tert-OH is 2. The molecule has 27 heavy (non-hydrogen) atoms. The third-order valence-corrected chi connectivity index (χ3v) is 5.10. The Hall–Kier alpha value is -2.21. The monoisotopic (exact) mass is 386 g/mol. The maximum atomic E-state index is 12.1. The Morgan fingerprint density at radius 2 is 2.00 bits per heavy atom. The van der Waals surface area contributed by atoms with Crippen LogP contribution in [0.1, 0.15) is 39.8 Å². The van der Waals surface area contributed by atoms with Crippen molar-refractivity contribution < 1.29 is 30.1 Å². The zero-order valence-electron chi connectivity index (χ0n) is 15.4. The van der Waals surface area contributed by atoms with Crippen LogP contribution in [0.15, 0.2) is 17.1 Å². The van der Waals surface area contributed by atoms with E-state index in [0.29, 0.717) is 0 Å². The highest BCUT2D eigenvalue weighted by atomic mass is 16.6. The Kier molecular flexibility index (Phi) is 6.76. The molecular formula is C16H26N4O7. The van der Waals surface area contributed by atoms with E-state index in [2.05, 4.69) is 4.98 Å². The molecule has 11 heteroatoms. The Morgan fingerprint density at radius 3 is 2.48 bits per heavy atom. The zero-order chi connectivity index (χ0) is 20.3. The summed E-state index contributed by atoms with van der Waals surface area (Å²) in [6, 6.07) is 0.790. The highest BCUT2D eigenvalue weighted by Gasteiger charge is 2.50. The summed E-state index contributed by atoms with van der Waals surface area (Å²) in [6.45, 7) is 5.60. The summed E-state index contributed by atoms with van der Waals surface area (Å²) in [5.74, 6) is -0.0669. The van der Waals surface area contributed by atoms with Gasteiger partial charge in [0.15, 0.2) is 18.3 Å². The van der Waals surface area contributed by atoms with Crippen LogP contribution in [0.3, 0.4) is 0 Å². The van der Waals surface area contributed by atoms with Crippen LogP contribution in [0.2, 0.25) is 0 Å². The van der Waals surface area contributed by atoms with E-state index in [0.717, 1.165) is 22.3 Å². The van der Waals surface area contributed by atoms with E-state index in [4.69, 9.17) is 9.94 Å². The lowest BCUT2D eigenvalue weighted by Gasteiger charge is -2.36. The second-order valence-corrected chi connectivity index (χ2v) is 6.52. The van der Waals surface area contributed by atoms with Gasteiger partial charge in [-0.1, -0.05) is 26.7 Å². The van der Waals surface area contributed by atoms with Crippen molar-refractivity contribution in [1.82, 2.24) is 14.5 Å². The van der Waals surface area contributed by atoms with Crippen molar-refractivity contribution in [3.05, 3.63) is 22.7 Å². The maximum absolute atomic E-state index is 12.1. The number of aliphatic hydroxyl groups is 2. The highest BCUT2D eigenvalue weighted by molar-refractivity contribution is 5.66. The normalized spacial score (nSPS) is 26.2. The summed E-state index contributed by atoms with van der Waals surface area (Å²) in [6.07, 6.45) is -4.38. The van der Waals surface area contributed by atoms with Gasteiger partial charge in [0.25, 0.3) is 0 Å². The molecule has 2 rings (SSSR count). The van der Waals surface area contributed by atoms with E-state index in [1.165, 1.54) is 12.3 Å². The molecule has 152 valence electrons. The van der Waals surface area contributed by atoms with Crippen molar-refractivity contribution in [2.45, 2.75) is 64.3 Å². The van der Waals surface area contributed by atoms with Gasteiger partial charge in [-0.2, -0.15) is 4.98 Å². The standard InChI is InChI=1S/C16H26N4O7/c1-4-9(5-2)8(3)20(16(24)25)14-12(22)11(21)13(27-14)19-7-6-10(18-26)17-15(19)23/h6-9,11-14,21-22,26H,4-5H2,1-3H3,(H,24,25)(H,17,18,23)/t8-,11+,12-,13+,14+/m0/s1. The SMILES string of the molecule is CCC(CC)[C@H](C)N(C(=O)O)[C@@H]1O[C@@H](n2ccc(NO)nc2=O)[C@H](O)[C@@H]1O. The molecule has 11 nitrogen and oxygen atoms in total. The van der Waals surface area contributed by atoms with Gasteiger partial charge in [0, 0.05) is 12.2 Å². The summed E-state index contributed by atoms with van der Waals surface area (Å²) in [7, 11) is 0. The fourth-order valence-electron chi connectivity index (χ4n) is 3.48. The van der Waals surface area contributed by atoms with Gasteiger partial charge in [-0.05, 0) is 18.9 Å². The molecule has 0 bridgehead atoms. The van der Waals surface area contributed by atoms with Gasteiger partial charge in [0.1, 0.15) is 12.2 Å². The molecule has 0 radical (unpaired) electrons. The van der Waals surface area contributed by atoms with Crippen molar-refractivity contribution in [1.29, 1.82) is 0 Å². The molecular weight excluding hydrogens is 360 g/mol. The number of anilines is 1. The average molecular weight is 386 g/mol. The van der Waals surface area contributed by atoms with Crippen LogP contribution in [0, 0.1) is 5.92 Å². The summed E-state index contributed by atoms with van der Waals surface area (Å²) in [4.78, 5) is 28.4. The molecule has 1 aliphatic heterocycles. The molecule has 2 heterocycles. The van der Waals surface area contributed by atoms with Crippen LogP contribution >= 0.6 is 0 Å². The largest absolute Gasteiger partial charge is 0.465 e. The number of aromatic nitrogens is 2. The minimum atomic E-state index is -1.55. The Bertz CT molecular complexity index is 708. The third-order valence-electron chi connectivity index (χ3n) is 5.10. The van der Waals surface area contributed by atoms with Gasteiger partial charge >= 0.3 is 11.8 Å². The van der Waals surface area contributed by atoms with Crippen molar-refractivity contribution in [3.8, 4) is 0 Å². The van der Waals surface area contributed by atoms with Crippen LogP contribution in [0.25, 0.3) is 0 Å². The first kappa shape index (κ1) is 21.1. The van der Waals surface area contributed by atoms with Crippen LogP contribution in [-0.2, 0) is 4.74 Å². The number of rotatable bonds is 7. The van der Waals surface area contributed by atoms with Crippen molar-refractivity contribution in [2.24, 2.45) is 5.92 Å². The molecule has 1 fully saturated rings. The summed E-state index contributed by atoms with van der Waals surface area (Å²) < 4.78 is 6.52. The molecule has 0 saturated carbocycles. The van der Waals surface area contributed by atoms with E-state index in [1.54, 1.807) is 12.4 Å². The number of hydrogen-bond donors (Lipinski definition) is 5. The molecule has 1 aromatic rings. The number of carbonyl (C=O) groups is 1. The number of carboxylic acid groups (broad SMARTS) is 1. The first-order valence-corrected chi connectivity index (χ1v) is 8.78. The summed E-state index contributed by atoms with van der Waals surface area (Å²) >= 11 is 0. The van der Waals surface area contributed by atoms with Crippen LogP contribution in [0.5, 0.6) is 0 Å². The fourth-order valence-corrected chi connectivity index (χ4v) is 3.48. The quantitative estimate of drug-likeness (QED) is 0.419. The van der Waals surface area contributed by atoms with Gasteiger partial charge in [-0.3, -0.25) is 20.2 Å². The summed E-state index contributed by atoms with van der Waals surface area (Å²) in [5.41, 5.74) is 0.878. The second kappa shape index (κ2) is 8.65. The molecule has 0 aliphatic carbocycles. The van der Waals surface area contributed by atoms with Crippen LogP contribution in [0.4, 0.5) is 10.6 Å². The molecule has 1 saturated heterocycles. The molecule has 0 unspecified atom stereocenters. The van der Waals surface area contributed by atoms with Crippen molar-refractivity contribution >= 4 is 11.9 Å². The number of ether oxygens (including phenoxy) is 1. The van der Waals surface area contributed by atoms with E-state index in [-0.39, 0.29) is 11.7 Å². The Morgan fingerprint density at radius 1 is 1.37 bits per heavy atom. The molecule has 0 aromatic carbocycles. The average Bonchev–Trinajstić information content (AvgIpc) is 2.91. The number of nitrogens with one attached hydrogen (secondary N) is 1. The Labute approximate surface area is 155 Å². The maximum Gasteiger partial charge on any atom is 0.409 e. The van der Waals surface area contributed by atoms with E-state index in [9.17, 15) is 24.9 Å². The lowest BCUT2D eigenvalue weighted by molar-refractivity contribution is -0.114. The predicted molar refractivity (Wildman–Crippen MR) is 93.2 cm³/mol. The third kappa shape index (κ3) is 4.05. The Balaban J connectivity index is 2.33. The van der Waals surface area contributed by atoms with Gasteiger partial charge in [-0.15, -0.1) is 0 Å². The molecule has 1 amide bonds. The van der Waals surface area contributed by atoms with Crippen molar-refractivity contribution in [2.75, 3.05) is 5.48 Å². The fraction of sp³-hybridized carbons (Fsp3) is 0.688. The molecule has 5 atom stereocenters. The lowest BCUT2D eigenvalue weighted by Crippen LogP contribution is -2.53. The first-order chi connectivity index (χ1) is 12.8.